The first kappa shape index (κ1) is 10.9. The number of rotatable bonds is 3. The lowest BCUT2D eigenvalue weighted by atomic mass is 10.1. The lowest BCUT2D eigenvalue weighted by molar-refractivity contribution is 0.102. The molecule has 0 fully saturated rings. The molecule has 0 unspecified atom stereocenters. The first-order valence-electron chi connectivity index (χ1n) is 4.95. The fourth-order valence-electron chi connectivity index (χ4n) is 1.42. The van der Waals surface area contributed by atoms with Gasteiger partial charge in [-0.05, 0) is 17.5 Å². The van der Waals surface area contributed by atoms with Crippen LogP contribution in [0.2, 0.25) is 0 Å². The molecule has 0 saturated carbocycles. The summed E-state index contributed by atoms with van der Waals surface area (Å²) in [7, 11) is 1.80. The van der Waals surface area contributed by atoms with Gasteiger partial charge < -0.3 is 4.57 Å². The molecule has 0 aromatic carbocycles. The summed E-state index contributed by atoms with van der Waals surface area (Å²) in [6.07, 6.45) is 3.35. The third-order valence-electron chi connectivity index (χ3n) is 2.29. The number of ketones is 1. The van der Waals surface area contributed by atoms with E-state index in [4.69, 9.17) is 0 Å². The van der Waals surface area contributed by atoms with E-state index >= 15 is 0 Å². The van der Waals surface area contributed by atoms with Gasteiger partial charge in [0, 0.05) is 19.4 Å². The molecule has 0 amide bonds. The van der Waals surface area contributed by atoms with E-state index in [0.29, 0.717) is 10.7 Å². The summed E-state index contributed by atoms with van der Waals surface area (Å²) in [4.78, 5) is 16.8. The molecule has 0 aliphatic heterocycles. The molecule has 0 saturated heterocycles. The number of aryl methyl sites for hydroxylation is 1. The average Bonchev–Trinajstić information content (AvgIpc) is 2.84. The zero-order chi connectivity index (χ0) is 11.7. The Labute approximate surface area is 97.3 Å². The summed E-state index contributed by atoms with van der Waals surface area (Å²) >= 11 is 1.13. The van der Waals surface area contributed by atoms with Crippen LogP contribution in [0.3, 0.4) is 0 Å². The van der Waals surface area contributed by atoms with E-state index < -0.39 is 0 Å². The number of hydrogen-bond acceptors (Lipinski definition) is 5. The molecule has 16 heavy (non-hydrogen) atoms. The monoisotopic (exact) mass is 236 g/mol. The molecule has 6 heteroatoms. The van der Waals surface area contributed by atoms with Crippen molar-refractivity contribution in [2.24, 2.45) is 7.05 Å². The van der Waals surface area contributed by atoms with Crippen molar-refractivity contribution in [1.29, 1.82) is 0 Å². The van der Waals surface area contributed by atoms with Crippen LogP contribution in [0.5, 0.6) is 0 Å². The molecule has 0 aliphatic carbocycles. The van der Waals surface area contributed by atoms with E-state index in [1.54, 1.807) is 24.0 Å². The molecule has 0 atom stereocenters. The van der Waals surface area contributed by atoms with Crippen LogP contribution in [0, 0.1) is 0 Å². The number of carbonyl (C=O) groups is 1. The van der Waals surface area contributed by atoms with Gasteiger partial charge in [-0.1, -0.05) is 18.3 Å². The second-order valence-corrected chi connectivity index (χ2v) is 4.59. The molecular formula is C10H12N4OS. The van der Waals surface area contributed by atoms with Crippen molar-refractivity contribution in [3.63, 3.8) is 0 Å². The van der Waals surface area contributed by atoms with Crippen molar-refractivity contribution >= 4 is 17.3 Å². The largest absolute Gasteiger partial charge is 0.331 e. The molecule has 5 nitrogen and oxygen atoms in total. The number of nitrogens with zero attached hydrogens (tertiary/aromatic N) is 4. The molecule has 0 radical (unpaired) electrons. The number of imidazole rings is 1. The molecule has 2 heterocycles. The minimum atomic E-state index is -0.105. The topological polar surface area (TPSA) is 60.7 Å². The third kappa shape index (κ3) is 1.76. The lowest BCUT2D eigenvalue weighted by Crippen LogP contribution is -2.09. The Morgan fingerprint density at radius 1 is 1.50 bits per heavy atom. The van der Waals surface area contributed by atoms with Gasteiger partial charge >= 0.3 is 0 Å². The van der Waals surface area contributed by atoms with Crippen LogP contribution in [0.1, 0.15) is 41.0 Å². The Kier molecular flexibility index (Phi) is 2.82. The summed E-state index contributed by atoms with van der Waals surface area (Å²) in [5.74, 6) is 0.511. The van der Waals surface area contributed by atoms with E-state index in [2.05, 4.69) is 14.6 Å². The Bertz CT molecular complexity index is 514. The Hall–Kier alpha value is -1.56. The first-order valence-corrected chi connectivity index (χ1v) is 5.73. The summed E-state index contributed by atoms with van der Waals surface area (Å²) in [6.45, 7) is 3.98. The Morgan fingerprint density at radius 2 is 2.25 bits per heavy atom. The third-order valence-corrected chi connectivity index (χ3v) is 3.03. The van der Waals surface area contributed by atoms with Crippen LogP contribution in [0.15, 0.2) is 12.4 Å². The van der Waals surface area contributed by atoms with E-state index in [-0.39, 0.29) is 11.7 Å². The highest BCUT2D eigenvalue weighted by Crippen LogP contribution is 2.21. The Balaban J connectivity index is 2.42. The fraction of sp³-hybridized carbons (Fsp3) is 0.400. The molecule has 0 spiro atoms. The van der Waals surface area contributed by atoms with Gasteiger partial charge in [0.2, 0.25) is 5.78 Å². The zero-order valence-corrected chi connectivity index (χ0v) is 10.2. The van der Waals surface area contributed by atoms with Crippen LogP contribution < -0.4 is 0 Å². The summed E-state index contributed by atoms with van der Waals surface area (Å²) in [5.41, 5.74) is 0.748. The smallest absolute Gasteiger partial charge is 0.241 e. The van der Waals surface area contributed by atoms with Crippen molar-refractivity contribution in [3.8, 4) is 0 Å². The number of carbonyl (C=O) groups excluding carboxylic acids is 1. The van der Waals surface area contributed by atoms with Gasteiger partial charge in [0.05, 0.1) is 5.69 Å². The van der Waals surface area contributed by atoms with Gasteiger partial charge in [-0.2, -0.15) is 0 Å². The van der Waals surface area contributed by atoms with E-state index in [1.165, 1.54) is 0 Å². The van der Waals surface area contributed by atoms with Crippen molar-refractivity contribution in [1.82, 2.24) is 19.1 Å². The normalized spacial score (nSPS) is 11.0. The van der Waals surface area contributed by atoms with E-state index in [0.717, 1.165) is 17.2 Å². The number of aromatic nitrogens is 4. The maximum absolute atomic E-state index is 12.2. The number of hydrogen-bond donors (Lipinski definition) is 0. The maximum atomic E-state index is 12.2. The summed E-state index contributed by atoms with van der Waals surface area (Å²) < 4.78 is 5.54. The molecule has 2 aromatic rings. The average molecular weight is 236 g/mol. The van der Waals surface area contributed by atoms with Crippen LogP contribution >= 0.6 is 11.5 Å². The molecule has 2 aromatic heterocycles. The molecule has 84 valence electrons. The van der Waals surface area contributed by atoms with Gasteiger partial charge in [0.25, 0.3) is 0 Å². The van der Waals surface area contributed by atoms with E-state index in [1.807, 2.05) is 13.8 Å². The standard InChI is InChI=1S/C10H12N4OS/c1-6(2)7-9(16-13-12-7)8(15)10-11-4-5-14(10)3/h4-6H,1-3H3. The highest BCUT2D eigenvalue weighted by atomic mass is 32.1. The van der Waals surface area contributed by atoms with E-state index in [9.17, 15) is 4.79 Å². The van der Waals surface area contributed by atoms with Gasteiger partial charge in [-0.15, -0.1) is 5.10 Å². The molecule has 0 aliphatic rings. The van der Waals surface area contributed by atoms with Gasteiger partial charge in [0.15, 0.2) is 5.82 Å². The lowest BCUT2D eigenvalue weighted by Gasteiger charge is -2.02. The molecule has 0 N–H and O–H groups in total. The van der Waals surface area contributed by atoms with Crippen LogP contribution in [-0.4, -0.2) is 24.9 Å². The zero-order valence-electron chi connectivity index (χ0n) is 9.34. The minimum absolute atomic E-state index is 0.105. The van der Waals surface area contributed by atoms with Gasteiger partial charge in [-0.3, -0.25) is 4.79 Å². The van der Waals surface area contributed by atoms with Crippen LogP contribution in [0.4, 0.5) is 0 Å². The fourth-order valence-corrected chi connectivity index (χ4v) is 2.17. The van der Waals surface area contributed by atoms with Crippen molar-refractivity contribution in [3.05, 3.63) is 28.8 Å². The van der Waals surface area contributed by atoms with Crippen LogP contribution in [-0.2, 0) is 7.05 Å². The molecular weight excluding hydrogens is 224 g/mol. The maximum Gasteiger partial charge on any atom is 0.241 e. The Morgan fingerprint density at radius 3 is 2.81 bits per heavy atom. The van der Waals surface area contributed by atoms with Gasteiger partial charge in [0.1, 0.15) is 4.88 Å². The SMILES string of the molecule is CC(C)c1nnsc1C(=O)c1nccn1C. The summed E-state index contributed by atoms with van der Waals surface area (Å²) in [5, 5.41) is 3.99. The predicted molar refractivity (Wildman–Crippen MR) is 60.6 cm³/mol. The highest BCUT2D eigenvalue weighted by Gasteiger charge is 2.22. The van der Waals surface area contributed by atoms with Crippen molar-refractivity contribution < 1.29 is 4.79 Å². The minimum Gasteiger partial charge on any atom is -0.331 e. The highest BCUT2D eigenvalue weighted by molar-refractivity contribution is 7.08. The second-order valence-electron chi connectivity index (χ2n) is 3.83. The van der Waals surface area contributed by atoms with Crippen molar-refractivity contribution in [2.75, 3.05) is 0 Å². The molecule has 2 rings (SSSR count). The molecule has 0 bridgehead atoms. The predicted octanol–water partition coefficient (Wildman–Crippen LogP) is 1.63. The first-order chi connectivity index (χ1) is 7.61. The van der Waals surface area contributed by atoms with Gasteiger partial charge in [-0.25, -0.2) is 4.98 Å². The van der Waals surface area contributed by atoms with Crippen molar-refractivity contribution in [2.45, 2.75) is 19.8 Å². The quantitative estimate of drug-likeness (QED) is 0.760. The second kappa shape index (κ2) is 4.13. The summed E-state index contributed by atoms with van der Waals surface area (Å²) in [6, 6.07) is 0. The van der Waals surface area contributed by atoms with Crippen LogP contribution in [0.25, 0.3) is 0 Å².